The molecule has 0 radical (unpaired) electrons. The summed E-state index contributed by atoms with van der Waals surface area (Å²) < 4.78 is 0. The summed E-state index contributed by atoms with van der Waals surface area (Å²) in [6.07, 6.45) is 6.12. The van der Waals surface area contributed by atoms with Gasteiger partial charge in [-0.3, -0.25) is 4.79 Å². The number of carboxylic acid groups (broad SMARTS) is 1. The second kappa shape index (κ2) is 4.78. The van der Waals surface area contributed by atoms with Crippen molar-refractivity contribution >= 4 is 11.9 Å². The fourth-order valence-electron chi connectivity index (χ4n) is 3.88. The molecule has 3 aliphatic rings. The van der Waals surface area contributed by atoms with Gasteiger partial charge in [-0.1, -0.05) is 19.3 Å². The third-order valence-electron chi connectivity index (χ3n) is 5.03. The number of nitrogens with two attached hydrogens (primary N) is 1. The van der Waals surface area contributed by atoms with Crippen LogP contribution in [-0.4, -0.2) is 40.5 Å². The van der Waals surface area contributed by atoms with Crippen molar-refractivity contribution in [3.05, 3.63) is 0 Å². The van der Waals surface area contributed by atoms with E-state index in [0.717, 1.165) is 38.5 Å². The van der Waals surface area contributed by atoms with E-state index >= 15 is 0 Å². The monoisotopic (exact) mass is 266 g/mol. The number of likely N-dealkylation sites (tertiary alicyclic amines) is 1. The van der Waals surface area contributed by atoms with E-state index in [1.807, 2.05) is 0 Å². The highest BCUT2D eigenvalue weighted by atomic mass is 16.4. The maximum Gasteiger partial charge on any atom is 0.326 e. The molecule has 3 N–H and O–H groups in total. The van der Waals surface area contributed by atoms with Gasteiger partial charge in [0.2, 0.25) is 5.91 Å². The highest BCUT2D eigenvalue weighted by Crippen LogP contribution is 2.42. The van der Waals surface area contributed by atoms with E-state index in [1.54, 1.807) is 4.90 Å². The molecular weight excluding hydrogens is 244 g/mol. The topological polar surface area (TPSA) is 83.6 Å². The summed E-state index contributed by atoms with van der Waals surface area (Å²) in [5.41, 5.74) is 5.97. The van der Waals surface area contributed by atoms with Gasteiger partial charge >= 0.3 is 5.97 Å². The zero-order chi connectivity index (χ0) is 13.6. The number of hydrogen-bond donors (Lipinski definition) is 2. The molecule has 19 heavy (non-hydrogen) atoms. The maximum atomic E-state index is 12.4. The maximum absolute atomic E-state index is 12.4. The molecule has 1 aliphatic heterocycles. The zero-order valence-corrected chi connectivity index (χ0v) is 11.1. The van der Waals surface area contributed by atoms with E-state index in [1.165, 1.54) is 0 Å². The van der Waals surface area contributed by atoms with Crippen LogP contribution in [0.4, 0.5) is 0 Å². The molecule has 3 rings (SSSR count). The van der Waals surface area contributed by atoms with Gasteiger partial charge in [-0.05, 0) is 37.0 Å². The van der Waals surface area contributed by atoms with E-state index in [9.17, 15) is 14.7 Å². The summed E-state index contributed by atoms with van der Waals surface area (Å²) >= 11 is 0. The minimum Gasteiger partial charge on any atom is -0.480 e. The standard InChI is InChI=1S/C14H22N2O3/c15-11(6-8-4-5-8)13(17)16-7-9-2-1-3-10(9)12(16)14(18)19/h8-12H,1-7,15H2,(H,18,19)/t9-,10-,11-,12-/m0/s1. The smallest absolute Gasteiger partial charge is 0.326 e. The van der Waals surface area contributed by atoms with Gasteiger partial charge in [0.1, 0.15) is 6.04 Å². The van der Waals surface area contributed by atoms with E-state index in [4.69, 9.17) is 5.73 Å². The quantitative estimate of drug-likeness (QED) is 0.789. The Morgan fingerprint density at radius 3 is 2.63 bits per heavy atom. The largest absolute Gasteiger partial charge is 0.480 e. The number of fused-ring (bicyclic) bond motifs is 1. The van der Waals surface area contributed by atoms with E-state index in [-0.39, 0.29) is 11.8 Å². The Labute approximate surface area is 113 Å². The Hall–Kier alpha value is -1.10. The lowest BCUT2D eigenvalue weighted by molar-refractivity contribution is -0.150. The van der Waals surface area contributed by atoms with Gasteiger partial charge < -0.3 is 15.7 Å². The normalized spacial score (nSPS) is 35.2. The number of carboxylic acids is 1. The van der Waals surface area contributed by atoms with Crippen LogP contribution in [0, 0.1) is 17.8 Å². The van der Waals surface area contributed by atoms with Crippen molar-refractivity contribution in [2.75, 3.05) is 6.54 Å². The molecule has 1 heterocycles. The number of nitrogens with zero attached hydrogens (tertiary/aromatic N) is 1. The molecule has 0 spiro atoms. The van der Waals surface area contributed by atoms with Crippen LogP contribution in [0.25, 0.3) is 0 Å². The highest BCUT2D eigenvalue weighted by molar-refractivity contribution is 5.87. The number of amides is 1. The zero-order valence-electron chi connectivity index (χ0n) is 11.1. The Kier molecular flexibility index (Phi) is 3.25. The molecule has 1 amide bonds. The summed E-state index contributed by atoms with van der Waals surface area (Å²) in [6, 6.07) is -1.14. The molecule has 2 aliphatic carbocycles. The van der Waals surface area contributed by atoms with Crippen LogP contribution in [0.1, 0.15) is 38.5 Å². The summed E-state index contributed by atoms with van der Waals surface area (Å²) in [5, 5.41) is 9.42. The van der Waals surface area contributed by atoms with Crippen molar-refractivity contribution in [1.82, 2.24) is 4.90 Å². The average Bonchev–Trinajstić information content (AvgIpc) is 2.92. The Balaban J connectivity index is 1.71. The van der Waals surface area contributed by atoms with Crippen LogP contribution in [0.5, 0.6) is 0 Å². The van der Waals surface area contributed by atoms with E-state index < -0.39 is 18.1 Å². The minimum atomic E-state index is -0.860. The van der Waals surface area contributed by atoms with Crippen molar-refractivity contribution in [2.45, 2.75) is 50.6 Å². The third kappa shape index (κ3) is 2.36. The van der Waals surface area contributed by atoms with Crippen LogP contribution in [0.2, 0.25) is 0 Å². The van der Waals surface area contributed by atoms with Gasteiger partial charge in [0.05, 0.1) is 6.04 Å². The predicted molar refractivity (Wildman–Crippen MR) is 69.3 cm³/mol. The van der Waals surface area contributed by atoms with Crippen LogP contribution < -0.4 is 5.73 Å². The van der Waals surface area contributed by atoms with Crippen molar-refractivity contribution in [3.8, 4) is 0 Å². The van der Waals surface area contributed by atoms with Crippen LogP contribution in [0.3, 0.4) is 0 Å². The summed E-state index contributed by atoms with van der Waals surface area (Å²) in [4.78, 5) is 25.4. The third-order valence-corrected chi connectivity index (χ3v) is 5.03. The fraction of sp³-hybridized carbons (Fsp3) is 0.857. The second-order valence-corrected chi connectivity index (χ2v) is 6.41. The molecule has 3 fully saturated rings. The van der Waals surface area contributed by atoms with Crippen LogP contribution in [0.15, 0.2) is 0 Å². The number of aliphatic carboxylic acids is 1. The summed E-state index contributed by atoms with van der Waals surface area (Å²) in [7, 11) is 0. The second-order valence-electron chi connectivity index (χ2n) is 6.41. The first-order chi connectivity index (χ1) is 9.08. The van der Waals surface area contributed by atoms with Gasteiger partial charge in [-0.15, -0.1) is 0 Å². The minimum absolute atomic E-state index is 0.145. The molecule has 0 aromatic rings. The lowest BCUT2D eigenvalue weighted by Crippen LogP contribution is -2.50. The van der Waals surface area contributed by atoms with Crippen molar-refractivity contribution < 1.29 is 14.7 Å². The van der Waals surface area contributed by atoms with E-state index in [2.05, 4.69) is 0 Å². The first-order valence-electron chi connectivity index (χ1n) is 7.36. The molecular formula is C14H22N2O3. The van der Waals surface area contributed by atoms with Gasteiger partial charge in [0, 0.05) is 6.54 Å². The molecule has 106 valence electrons. The van der Waals surface area contributed by atoms with Gasteiger partial charge in [-0.25, -0.2) is 4.79 Å². The van der Waals surface area contributed by atoms with Gasteiger partial charge in [-0.2, -0.15) is 0 Å². The molecule has 4 atom stereocenters. The summed E-state index contributed by atoms with van der Waals surface area (Å²) in [5.74, 6) is 0.104. The highest BCUT2D eigenvalue weighted by Gasteiger charge is 2.50. The Morgan fingerprint density at radius 2 is 2.00 bits per heavy atom. The van der Waals surface area contributed by atoms with Gasteiger partial charge in [0.25, 0.3) is 0 Å². The lowest BCUT2D eigenvalue weighted by atomic mass is 9.94. The number of carbonyl (C=O) groups is 2. The van der Waals surface area contributed by atoms with Crippen molar-refractivity contribution in [3.63, 3.8) is 0 Å². The SMILES string of the molecule is N[C@@H](CC1CC1)C(=O)N1C[C@@H]2CCC[C@@H]2[C@H]1C(=O)O. The number of rotatable bonds is 4. The lowest BCUT2D eigenvalue weighted by Gasteiger charge is -2.27. The summed E-state index contributed by atoms with van der Waals surface area (Å²) in [6.45, 7) is 0.596. The molecule has 5 nitrogen and oxygen atoms in total. The van der Waals surface area contributed by atoms with Crippen LogP contribution >= 0.6 is 0 Å². The molecule has 1 saturated heterocycles. The van der Waals surface area contributed by atoms with Crippen molar-refractivity contribution in [1.29, 1.82) is 0 Å². The molecule has 0 aromatic carbocycles. The number of hydrogen-bond acceptors (Lipinski definition) is 3. The molecule has 0 bridgehead atoms. The van der Waals surface area contributed by atoms with E-state index in [0.29, 0.717) is 18.4 Å². The van der Waals surface area contributed by atoms with Crippen molar-refractivity contribution in [2.24, 2.45) is 23.5 Å². The molecule has 2 saturated carbocycles. The molecule has 5 heteroatoms. The first-order valence-corrected chi connectivity index (χ1v) is 7.36. The Morgan fingerprint density at radius 1 is 1.26 bits per heavy atom. The Bertz CT molecular complexity index is 394. The molecule has 0 unspecified atom stereocenters. The predicted octanol–water partition coefficient (Wildman–Crippen LogP) is 0.825. The fourth-order valence-corrected chi connectivity index (χ4v) is 3.88. The molecule has 0 aromatic heterocycles. The number of carbonyl (C=O) groups excluding carboxylic acids is 1. The average molecular weight is 266 g/mol. The first kappa shape index (κ1) is 12.9. The van der Waals surface area contributed by atoms with Crippen LogP contribution in [-0.2, 0) is 9.59 Å². The van der Waals surface area contributed by atoms with Gasteiger partial charge in [0.15, 0.2) is 0 Å².